The Bertz CT molecular complexity index is 229. The van der Waals surface area contributed by atoms with Gasteiger partial charge < -0.3 is 5.32 Å². The van der Waals surface area contributed by atoms with Gasteiger partial charge in [0.05, 0.1) is 0 Å². The van der Waals surface area contributed by atoms with E-state index < -0.39 is 0 Å². The second-order valence-corrected chi connectivity index (χ2v) is 6.18. The van der Waals surface area contributed by atoms with E-state index in [4.69, 9.17) is 0 Å². The van der Waals surface area contributed by atoms with E-state index in [9.17, 15) is 0 Å². The van der Waals surface area contributed by atoms with E-state index >= 15 is 0 Å². The van der Waals surface area contributed by atoms with E-state index in [2.05, 4.69) is 31.1 Å². The molecule has 0 amide bonds. The summed E-state index contributed by atoms with van der Waals surface area (Å²) in [5.41, 5.74) is 0. The third-order valence-electron chi connectivity index (χ3n) is 5.02. The maximum absolute atomic E-state index is 3.57. The molecule has 2 fully saturated rings. The zero-order valence-electron chi connectivity index (χ0n) is 11.9. The number of nitrogens with zero attached hydrogens (tertiary/aromatic N) is 1. The first-order chi connectivity index (χ1) is 8.26. The summed E-state index contributed by atoms with van der Waals surface area (Å²) in [5.74, 6) is 0.920. The van der Waals surface area contributed by atoms with Crippen LogP contribution in [-0.2, 0) is 0 Å². The summed E-state index contributed by atoms with van der Waals surface area (Å²) in [7, 11) is 2.15. The molecule has 0 bridgehead atoms. The quantitative estimate of drug-likeness (QED) is 0.813. The maximum Gasteiger partial charge on any atom is 0.0254 e. The molecular formula is C15H30N2. The van der Waals surface area contributed by atoms with Crippen LogP contribution in [0.5, 0.6) is 0 Å². The van der Waals surface area contributed by atoms with Crippen molar-refractivity contribution in [3.63, 3.8) is 0 Å². The van der Waals surface area contributed by atoms with Gasteiger partial charge in [0.15, 0.2) is 0 Å². The molecule has 1 aliphatic heterocycles. The Kier molecular flexibility index (Phi) is 4.87. The van der Waals surface area contributed by atoms with Crippen LogP contribution in [0, 0.1) is 5.92 Å². The molecule has 1 N–H and O–H groups in total. The van der Waals surface area contributed by atoms with Gasteiger partial charge >= 0.3 is 0 Å². The van der Waals surface area contributed by atoms with Crippen LogP contribution in [0.1, 0.15) is 58.8 Å². The molecule has 1 saturated carbocycles. The van der Waals surface area contributed by atoms with Gasteiger partial charge in [-0.3, -0.25) is 4.90 Å². The van der Waals surface area contributed by atoms with Gasteiger partial charge in [0.2, 0.25) is 0 Å². The van der Waals surface area contributed by atoms with Gasteiger partial charge in [0.1, 0.15) is 0 Å². The molecule has 2 nitrogen and oxygen atoms in total. The highest BCUT2D eigenvalue weighted by Gasteiger charge is 2.35. The molecule has 0 aromatic rings. The van der Waals surface area contributed by atoms with E-state index in [1.165, 1.54) is 51.5 Å². The van der Waals surface area contributed by atoms with Gasteiger partial charge in [-0.1, -0.05) is 20.3 Å². The summed E-state index contributed by atoms with van der Waals surface area (Å²) in [6.45, 7) is 6.14. The Morgan fingerprint density at radius 3 is 2.71 bits per heavy atom. The summed E-state index contributed by atoms with van der Waals surface area (Å²) in [4.78, 5) is 2.85. The topological polar surface area (TPSA) is 15.3 Å². The van der Waals surface area contributed by atoms with Crippen LogP contribution < -0.4 is 5.32 Å². The predicted octanol–water partition coefficient (Wildman–Crippen LogP) is 3.03. The third kappa shape index (κ3) is 3.03. The smallest absolute Gasteiger partial charge is 0.0254 e. The first-order valence-corrected chi connectivity index (χ1v) is 7.69. The van der Waals surface area contributed by atoms with Gasteiger partial charge in [0, 0.05) is 18.1 Å². The number of likely N-dealkylation sites (N-methyl/N-ethyl adjacent to an activating group) is 1. The summed E-state index contributed by atoms with van der Waals surface area (Å²) in [6, 6.07) is 2.39. The fraction of sp³-hybridized carbons (Fsp3) is 1.00. The molecule has 1 saturated heterocycles. The molecule has 1 aliphatic carbocycles. The Balaban J connectivity index is 2.05. The van der Waals surface area contributed by atoms with Crippen molar-refractivity contribution in [1.29, 1.82) is 0 Å². The zero-order chi connectivity index (χ0) is 12.3. The van der Waals surface area contributed by atoms with Crippen LogP contribution >= 0.6 is 0 Å². The van der Waals surface area contributed by atoms with Gasteiger partial charge in [-0.15, -0.1) is 0 Å². The van der Waals surface area contributed by atoms with E-state index in [0.29, 0.717) is 0 Å². The van der Waals surface area contributed by atoms with Crippen molar-refractivity contribution in [1.82, 2.24) is 10.2 Å². The Morgan fingerprint density at radius 1 is 1.18 bits per heavy atom. The highest BCUT2D eigenvalue weighted by Crippen LogP contribution is 2.32. The van der Waals surface area contributed by atoms with E-state index in [-0.39, 0.29) is 0 Å². The standard InChI is InChI=1S/C15H30N2/c1-4-13-7-5-6-10-17(13)15-11-12(2)8-9-14(15)16-3/h12-16H,4-11H2,1-3H3. The zero-order valence-corrected chi connectivity index (χ0v) is 11.9. The largest absolute Gasteiger partial charge is 0.315 e. The lowest BCUT2D eigenvalue weighted by atomic mass is 9.81. The number of rotatable bonds is 3. The van der Waals surface area contributed by atoms with Crippen LogP contribution in [0.25, 0.3) is 0 Å². The molecule has 100 valence electrons. The number of hydrogen-bond acceptors (Lipinski definition) is 2. The molecule has 2 aliphatic rings. The minimum atomic E-state index is 0.735. The SMILES string of the molecule is CCC1CCCCN1C1CC(C)CCC1NC. The van der Waals surface area contributed by atoms with Crippen molar-refractivity contribution in [2.75, 3.05) is 13.6 Å². The number of nitrogens with one attached hydrogen (secondary N) is 1. The van der Waals surface area contributed by atoms with Crippen molar-refractivity contribution in [3.05, 3.63) is 0 Å². The molecular weight excluding hydrogens is 208 g/mol. The minimum Gasteiger partial charge on any atom is -0.315 e. The third-order valence-corrected chi connectivity index (χ3v) is 5.02. The summed E-state index contributed by atoms with van der Waals surface area (Å²) in [5, 5.41) is 3.57. The number of hydrogen-bond donors (Lipinski definition) is 1. The monoisotopic (exact) mass is 238 g/mol. The Hall–Kier alpha value is -0.0800. The fourth-order valence-corrected chi connectivity index (χ4v) is 3.95. The number of likely N-dealkylation sites (tertiary alicyclic amines) is 1. The van der Waals surface area contributed by atoms with Gasteiger partial charge in [-0.25, -0.2) is 0 Å². The molecule has 2 heteroatoms. The van der Waals surface area contributed by atoms with Crippen LogP contribution in [0.3, 0.4) is 0 Å². The van der Waals surface area contributed by atoms with E-state index in [0.717, 1.165) is 24.0 Å². The fourth-order valence-electron chi connectivity index (χ4n) is 3.95. The first kappa shape index (κ1) is 13.4. The van der Waals surface area contributed by atoms with E-state index in [1.54, 1.807) is 0 Å². The van der Waals surface area contributed by atoms with Crippen molar-refractivity contribution in [3.8, 4) is 0 Å². The predicted molar refractivity (Wildman–Crippen MR) is 74.3 cm³/mol. The lowest BCUT2D eigenvalue weighted by Crippen LogP contribution is -2.56. The normalized spacial score (nSPS) is 40.4. The lowest BCUT2D eigenvalue weighted by Gasteiger charge is -2.47. The van der Waals surface area contributed by atoms with Crippen molar-refractivity contribution in [2.45, 2.75) is 76.9 Å². The molecule has 17 heavy (non-hydrogen) atoms. The highest BCUT2D eigenvalue weighted by molar-refractivity contribution is 4.93. The minimum absolute atomic E-state index is 0.735. The molecule has 2 rings (SSSR count). The lowest BCUT2D eigenvalue weighted by molar-refractivity contribution is 0.0398. The molecule has 0 spiro atoms. The molecule has 4 unspecified atom stereocenters. The van der Waals surface area contributed by atoms with Crippen LogP contribution in [0.2, 0.25) is 0 Å². The van der Waals surface area contributed by atoms with Crippen molar-refractivity contribution in [2.24, 2.45) is 5.92 Å². The van der Waals surface area contributed by atoms with Gasteiger partial charge in [0.25, 0.3) is 0 Å². The van der Waals surface area contributed by atoms with Crippen LogP contribution in [0.15, 0.2) is 0 Å². The average Bonchev–Trinajstić information content (AvgIpc) is 2.38. The molecule has 0 aromatic carbocycles. The molecule has 0 aromatic heterocycles. The number of piperidine rings is 1. The van der Waals surface area contributed by atoms with Crippen molar-refractivity contribution >= 4 is 0 Å². The van der Waals surface area contributed by atoms with Crippen LogP contribution in [-0.4, -0.2) is 36.6 Å². The maximum atomic E-state index is 3.57. The molecule has 0 radical (unpaired) electrons. The molecule has 1 heterocycles. The summed E-state index contributed by atoms with van der Waals surface area (Å²) < 4.78 is 0. The Labute approximate surface area is 107 Å². The Morgan fingerprint density at radius 2 is 2.00 bits per heavy atom. The first-order valence-electron chi connectivity index (χ1n) is 7.69. The summed E-state index contributed by atoms with van der Waals surface area (Å²) in [6.07, 6.45) is 9.81. The van der Waals surface area contributed by atoms with E-state index in [1.807, 2.05) is 0 Å². The second kappa shape index (κ2) is 6.19. The summed E-state index contributed by atoms with van der Waals surface area (Å²) >= 11 is 0. The molecule has 4 atom stereocenters. The van der Waals surface area contributed by atoms with Crippen LogP contribution in [0.4, 0.5) is 0 Å². The second-order valence-electron chi connectivity index (χ2n) is 6.18. The highest BCUT2D eigenvalue weighted by atomic mass is 15.2. The van der Waals surface area contributed by atoms with Crippen molar-refractivity contribution < 1.29 is 0 Å². The van der Waals surface area contributed by atoms with Gasteiger partial charge in [-0.05, 0) is 58.0 Å². The average molecular weight is 238 g/mol. The van der Waals surface area contributed by atoms with Gasteiger partial charge in [-0.2, -0.15) is 0 Å².